The first-order chi connectivity index (χ1) is 27.2. The highest BCUT2D eigenvalue weighted by molar-refractivity contribution is 7.91. The van der Waals surface area contributed by atoms with Gasteiger partial charge in [0, 0.05) is 24.9 Å². The van der Waals surface area contributed by atoms with Crippen LogP contribution in [0.2, 0.25) is 0 Å². The van der Waals surface area contributed by atoms with E-state index < -0.39 is 97.7 Å². The first-order valence-electron chi connectivity index (χ1n) is 20.0. The fourth-order valence-electron chi connectivity index (χ4n) is 7.98. The maximum Gasteiger partial charge on any atom is 0.408 e. The summed E-state index contributed by atoms with van der Waals surface area (Å²) < 4.78 is 68.3. The van der Waals surface area contributed by atoms with Crippen molar-refractivity contribution in [2.75, 3.05) is 13.7 Å². The number of amides is 4. The number of aromatic amines is 1. The van der Waals surface area contributed by atoms with Gasteiger partial charge in [-0.2, -0.15) is 8.78 Å². The van der Waals surface area contributed by atoms with E-state index in [2.05, 4.69) is 31.9 Å². The van der Waals surface area contributed by atoms with Crippen LogP contribution in [-0.4, -0.2) is 89.7 Å². The van der Waals surface area contributed by atoms with Gasteiger partial charge >= 0.3 is 6.09 Å². The summed E-state index contributed by atoms with van der Waals surface area (Å²) in [5, 5.41) is 4.87. The number of aromatic nitrogens is 2. The average molecular weight is 833 g/mol. The Morgan fingerprint density at radius 1 is 1.14 bits per heavy atom. The Balaban J connectivity index is 1.02. The van der Waals surface area contributed by atoms with Crippen LogP contribution in [0.1, 0.15) is 97.6 Å². The Hall–Kier alpha value is -4.61. The van der Waals surface area contributed by atoms with Gasteiger partial charge in [0.1, 0.15) is 29.5 Å². The molecular formula is C40H54F2N6O9S. The molecule has 15 nitrogen and oxygen atoms in total. The van der Waals surface area contributed by atoms with Gasteiger partial charge in [-0.15, -0.1) is 6.58 Å². The number of unbranched alkanes of at least 4 members (excludes halogenated alkanes) is 1. The van der Waals surface area contributed by atoms with Crippen LogP contribution in [0.25, 0.3) is 11.0 Å². The van der Waals surface area contributed by atoms with Gasteiger partial charge in [-0.1, -0.05) is 46.6 Å². The van der Waals surface area contributed by atoms with Gasteiger partial charge in [0.25, 0.3) is 17.4 Å². The van der Waals surface area contributed by atoms with Gasteiger partial charge in [-0.05, 0) is 74.3 Å². The molecule has 4 aliphatic rings. The summed E-state index contributed by atoms with van der Waals surface area (Å²) in [6.07, 6.45) is 3.31. The molecule has 1 aromatic carbocycles. The molecule has 2 heterocycles. The number of carbonyl (C=O) groups excluding carboxylic acids is 4. The Kier molecular flexibility index (Phi) is 12.0. The fourth-order valence-corrected chi connectivity index (χ4v) is 9.34. The molecule has 4 amide bonds. The highest BCUT2D eigenvalue weighted by Gasteiger charge is 2.62. The highest BCUT2D eigenvalue weighted by Crippen LogP contribution is 2.46. The predicted octanol–water partition coefficient (Wildman–Crippen LogP) is 4.41. The Morgan fingerprint density at radius 2 is 1.86 bits per heavy atom. The number of nitrogens with one attached hydrogen (secondary N) is 4. The van der Waals surface area contributed by atoms with Crippen molar-refractivity contribution in [2.45, 2.75) is 127 Å². The number of carbonyl (C=O) groups is 4. The topological polar surface area (TPSA) is 206 Å². The summed E-state index contributed by atoms with van der Waals surface area (Å²) in [5.74, 6) is -5.72. The van der Waals surface area contributed by atoms with E-state index in [9.17, 15) is 32.4 Å². The molecule has 1 aliphatic heterocycles. The number of benzene rings is 1. The molecule has 3 aliphatic carbocycles. The minimum absolute atomic E-state index is 0.0529. The van der Waals surface area contributed by atoms with Crippen LogP contribution in [0.3, 0.4) is 0 Å². The molecule has 4 fully saturated rings. The molecule has 0 bridgehead atoms. The van der Waals surface area contributed by atoms with Crippen LogP contribution >= 0.6 is 0 Å². The van der Waals surface area contributed by atoms with Gasteiger partial charge < -0.3 is 30.0 Å². The molecule has 318 valence electrons. The number of alkyl halides is 2. The van der Waals surface area contributed by atoms with E-state index in [1.165, 1.54) is 30.2 Å². The predicted molar refractivity (Wildman–Crippen MR) is 209 cm³/mol. The molecule has 2 unspecified atom stereocenters. The number of nitrogens with zero attached hydrogens (tertiary/aromatic N) is 2. The molecule has 0 spiro atoms. The van der Waals surface area contributed by atoms with Gasteiger partial charge in [-0.3, -0.25) is 23.9 Å². The number of sulfonamides is 1. The quantitative estimate of drug-likeness (QED) is 0.131. The number of hydrogen-bond donors (Lipinski definition) is 4. The summed E-state index contributed by atoms with van der Waals surface area (Å²) in [6.45, 7) is 11.2. The molecular weight excluding hydrogens is 779 g/mol. The van der Waals surface area contributed by atoms with Crippen molar-refractivity contribution in [2.24, 2.45) is 23.2 Å². The smallest absolute Gasteiger partial charge is 0.408 e. The van der Waals surface area contributed by atoms with Gasteiger partial charge in [0.05, 0.1) is 23.4 Å². The van der Waals surface area contributed by atoms with Crippen molar-refractivity contribution in [3.63, 3.8) is 0 Å². The minimum atomic E-state index is -3.88. The van der Waals surface area contributed by atoms with E-state index in [0.717, 1.165) is 0 Å². The third-order valence-corrected chi connectivity index (χ3v) is 13.7. The Morgan fingerprint density at radius 3 is 2.48 bits per heavy atom. The average Bonchev–Trinajstić information content (AvgIpc) is 4.09. The monoisotopic (exact) mass is 832 g/mol. The summed E-state index contributed by atoms with van der Waals surface area (Å²) in [5.41, 5.74) is -3.63. The van der Waals surface area contributed by atoms with Crippen molar-refractivity contribution in [1.29, 1.82) is 0 Å². The third kappa shape index (κ3) is 9.15. The number of ether oxygens (including phenoxy) is 2. The SMILES string of the molecule is C=C[C@@H]1CC1(NC(=O)[C@@H]1[C@H](CC)CCN1C(=O)[C@@H](NC(=O)OC1C[C@H]1CCCCC(F)(F)c1nc2ccc(OC)cc2[nH]c1=O)C(C)(C)C)C(=O)NS(=O)(=O)C1CC1. The van der Waals surface area contributed by atoms with Crippen molar-refractivity contribution < 1.29 is 45.9 Å². The van der Waals surface area contributed by atoms with Crippen LogP contribution in [-0.2, 0) is 35.1 Å². The number of hydrogen-bond acceptors (Lipinski definition) is 10. The second-order valence-corrected chi connectivity index (χ2v) is 19.2. The molecule has 1 aromatic heterocycles. The first kappa shape index (κ1) is 43.0. The van der Waals surface area contributed by atoms with E-state index in [1.807, 2.05) is 6.92 Å². The number of halogens is 2. The number of fused-ring (bicyclic) bond motifs is 1. The molecule has 18 heteroatoms. The molecule has 58 heavy (non-hydrogen) atoms. The Bertz CT molecular complexity index is 2120. The number of alkyl carbamates (subject to hydrolysis) is 1. The largest absolute Gasteiger partial charge is 0.497 e. The third-order valence-electron chi connectivity index (χ3n) is 11.9. The molecule has 7 atom stereocenters. The second-order valence-electron chi connectivity index (χ2n) is 17.2. The van der Waals surface area contributed by atoms with Crippen LogP contribution in [0.5, 0.6) is 5.75 Å². The molecule has 1 saturated heterocycles. The molecule has 4 N–H and O–H groups in total. The molecule has 0 radical (unpaired) electrons. The van der Waals surface area contributed by atoms with Crippen molar-refractivity contribution in [3.8, 4) is 5.75 Å². The second kappa shape index (κ2) is 16.2. The van der Waals surface area contributed by atoms with Crippen molar-refractivity contribution >= 4 is 44.9 Å². The molecule has 2 aromatic rings. The van der Waals surface area contributed by atoms with Crippen molar-refractivity contribution in [1.82, 2.24) is 30.2 Å². The number of rotatable bonds is 17. The lowest BCUT2D eigenvalue weighted by Gasteiger charge is -2.36. The summed E-state index contributed by atoms with van der Waals surface area (Å²) >= 11 is 0. The number of likely N-dealkylation sites (tertiary alicyclic amines) is 1. The number of methoxy groups -OCH3 is 1. The fraction of sp³-hybridized carbons (Fsp3) is 0.650. The number of H-pyrrole nitrogens is 1. The van der Waals surface area contributed by atoms with E-state index in [0.29, 0.717) is 50.7 Å². The van der Waals surface area contributed by atoms with E-state index in [1.54, 1.807) is 26.8 Å². The maximum absolute atomic E-state index is 15.1. The van der Waals surface area contributed by atoms with E-state index >= 15 is 8.78 Å². The maximum atomic E-state index is 15.1. The summed E-state index contributed by atoms with van der Waals surface area (Å²) in [6, 6.07) is 2.50. The highest BCUT2D eigenvalue weighted by atomic mass is 32.2. The normalized spacial score (nSPS) is 26.1. The van der Waals surface area contributed by atoms with Crippen LogP contribution < -0.4 is 25.7 Å². The van der Waals surface area contributed by atoms with Gasteiger partial charge in [0.2, 0.25) is 21.8 Å². The minimum Gasteiger partial charge on any atom is -0.497 e. The van der Waals surface area contributed by atoms with Gasteiger partial charge in [-0.25, -0.2) is 18.2 Å². The summed E-state index contributed by atoms with van der Waals surface area (Å²) in [4.78, 5) is 75.1. The van der Waals surface area contributed by atoms with Crippen LogP contribution in [0.4, 0.5) is 13.6 Å². The zero-order valence-electron chi connectivity index (χ0n) is 33.6. The van der Waals surface area contributed by atoms with Crippen LogP contribution in [0, 0.1) is 23.2 Å². The van der Waals surface area contributed by atoms with Gasteiger partial charge in [0.15, 0.2) is 5.69 Å². The standard InChI is InChI=1S/C40H54F2N6O9S/c1-7-22-16-18-48(30(22)33(49)46-39(21-24(39)8-2)36(52)47-58(54,55)26-13-14-26)35(51)32(38(3,4)5)45-37(53)57-29-19-23(29)11-9-10-17-40(41,42)31-34(50)44-28-20-25(56-6)12-15-27(28)43-31/h8,12,15,20,22-24,26,29-30,32H,2,7,9-11,13-14,16-19,21H2,1,3-6H3,(H,44,50)(H,45,53)(H,46,49)(H,47,52)/t22-,23-,24-,29?,30+,32-,39?/m1/s1. The van der Waals surface area contributed by atoms with E-state index in [-0.39, 0.29) is 42.3 Å². The van der Waals surface area contributed by atoms with Crippen LogP contribution in [0.15, 0.2) is 35.6 Å². The Labute approximate surface area is 336 Å². The lowest BCUT2D eigenvalue weighted by Crippen LogP contribution is -2.61. The van der Waals surface area contributed by atoms with E-state index in [4.69, 9.17) is 9.47 Å². The molecule has 6 rings (SSSR count). The zero-order valence-corrected chi connectivity index (χ0v) is 34.4. The van der Waals surface area contributed by atoms with Crippen molar-refractivity contribution in [3.05, 3.63) is 46.9 Å². The first-order valence-corrected chi connectivity index (χ1v) is 21.5. The lowest BCUT2D eigenvalue weighted by molar-refractivity contribution is -0.143. The zero-order chi connectivity index (χ0) is 42.4. The lowest BCUT2D eigenvalue weighted by atomic mass is 9.85. The molecule has 3 saturated carbocycles. The summed E-state index contributed by atoms with van der Waals surface area (Å²) in [7, 11) is -2.43.